The van der Waals surface area contributed by atoms with Crippen molar-refractivity contribution in [2.24, 2.45) is 0 Å². The van der Waals surface area contributed by atoms with E-state index < -0.39 is 0 Å². The lowest BCUT2D eigenvalue weighted by molar-refractivity contribution is -0.136. The molecule has 5 nitrogen and oxygen atoms in total. The Balaban J connectivity index is 1.20. The molecule has 0 N–H and O–H groups in total. The number of amides is 1. The molecular weight excluding hydrogens is 334 g/mol. The van der Waals surface area contributed by atoms with Gasteiger partial charge in [-0.1, -0.05) is 6.07 Å². The standard InChI is InChI=1S/C19H27N3O2S/c1-15-5-4-6-16(20-15)10-21-13-19(14-21)9-17(12-25-19)24-11-18(23)22-7-2-3-8-22/h4-6,17H,2-3,7-14H2,1H3/t17-/m1/s1. The summed E-state index contributed by atoms with van der Waals surface area (Å²) in [5, 5.41) is 0. The summed E-state index contributed by atoms with van der Waals surface area (Å²) in [7, 11) is 0. The Labute approximate surface area is 154 Å². The smallest absolute Gasteiger partial charge is 0.248 e. The number of hydrogen-bond acceptors (Lipinski definition) is 5. The molecule has 0 radical (unpaired) electrons. The van der Waals surface area contributed by atoms with Crippen molar-refractivity contribution >= 4 is 17.7 Å². The average molecular weight is 362 g/mol. The van der Waals surface area contributed by atoms with E-state index in [1.54, 1.807) is 0 Å². The van der Waals surface area contributed by atoms with E-state index in [2.05, 4.69) is 22.0 Å². The first-order valence-electron chi connectivity index (χ1n) is 9.30. The van der Waals surface area contributed by atoms with Crippen LogP contribution in [0.5, 0.6) is 0 Å². The molecule has 1 spiro atoms. The summed E-state index contributed by atoms with van der Waals surface area (Å²) in [4.78, 5) is 21.1. The zero-order valence-electron chi connectivity index (χ0n) is 14.9. The molecule has 3 fully saturated rings. The van der Waals surface area contributed by atoms with Gasteiger partial charge in [-0.05, 0) is 38.3 Å². The van der Waals surface area contributed by atoms with Crippen molar-refractivity contribution in [1.29, 1.82) is 0 Å². The van der Waals surface area contributed by atoms with Gasteiger partial charge in [0.15, 0.2) is 0 Å². The minimum Gasteiger partial charge on any atom is -0.367 e. The van der Waals surface area contributed by atoms with E-state index >= 15 is 0 Å². The number of carbonyl (C=O) groups excluding carboxylic acids is 1. The van der Waals surface area contributed by atoms with Crippen LogP contribution in [0.2, 0.25) is 0 Å². The van der Waals surface area contributed by atoms with Gasteiger partial charge in [-0.25, -0.2) is 0 Å². The normalized spacial score (nSPS) is 25.5. The van der Waals surface area contributed by atoms with E-state index in [9.17, 15) is 4.79 Å². The second-order valence-corrected chi connectivity index (χ2v) is 9.12. The van der Waals surface area contributed by atoms with Crippen LogP contribution in [0.25, 0.3) is 0 Å². The van der Waals surface area contributed by atoms with Crippen molar-refractivity contribution in [2.75, 3.05) is 38.5 Å². The third-order valence-electron chi connectivity index (χ3n) is 5.43. The molecule has 3 aliphatic heterocycles. The van der Waals surface area contributed by atoms with Gasteiger partial charge in [-0.3, -0.25) is 14.7 Å². The van der Waals surface area contributed by atoms with E-state index in [4.69, 9.17) is 4.74 Å². The number of thioether (sulfide) groups is 1. The minimum atomic E-state index is 0.171. The van der Waals surface area contributed by atoms with Crippen molar-refractivity contribution < 1.29 is 9.53 Å². The van der Waals surface area contributed by atoms with Crippen LogP contribution in [-0.2, 0) is 16.1 Å². The first kappa shape index (κ1) is 17.3. The van der Waals surface area contributed by atoms with Crippen LogP contribution in [0.15, 0.2) is 18.2 Å². The summed E-state index contributed by atoms with van der Waals surface area (Å²) in [6.45, 7) is 7.27. The summed E-state index contributed by atoms with van der Waals surface area (Å²) in [6.07, 6.45) is 3.58. The van der Waals surface area contributed by atoms with Crippen molar-refractivity contribution in [3.63, 3.8) is 0 Å². The SMILES string of the molecule is Cc1cccc(CN2CC3(C[C@@H](OCC(=O)N4CCCC4)CS3)C2)n1. The molecule has 1 amide bonds. The van der Waals surface area contributed by atoms with Crippen LogP contribution in [0.3, 0.4) is 0 Å². The molecule has 0 bridgehead atoms. The molecule has 1 aromatic heterocycles. The Morgan fingerprint density at radius 3 is 2.92 bits per heavy atom. The Kier molecular flexibility index (Phi) is 5.02. The summed E-state index contributed by atoms with van der Waals surface area (Å²) in [5.74, 6) is 1.19. The maximum Gasteiger partial charge on any atom is 0.248 e. The van der Waals surface area contributed by atoms with Crippen LogP contribution in [-0.4, -0.2) is 70.1 Å². The predicted octanol–water partition coefficient (Wildman–Crippen LogP) is 2.09. The average Bonchev–Trinajstić information content (AvgIpc) is 3.22. The zero-order chi connectivity index (χ0) is 17.3. The molecule has 6 heteroatoms. The second-order valence-electron chi connectivity index (χ2n) is 7.63. The van der Waals surface area contributed by atoms with Crippen molar-refractivity contribution in [1.82, 2.24) is 14.8 Å². The van der Waals surface area contributed by atoms with Gasteiger partial charge in [-0.2, -0.15) is 0 Å². The van der Waals surface area contributed by atoms with Crippen molar-refractivity contribution in [3.8, 4) is 0 Å². The van der Waals surface area contributed by atoms with E-state index in [-0.39, 0.29) is 18.6 Å². The first-order chi connectivity index (χ1) is 12.1. The van der Waals surface area contributed by atoms with Crippen LogP contribution in [0.1, 0.15) is 30.7 Å². The molecule has 0 saturated carbocycles. The number of aromatic nitrogens is 1. The number of rotatable bonds is 5. The molecular formula is C19H27N3O2S. The van der Waals surface area contributed by atoms with E-state index in [1.807, 2.05) is 29.7 Å². The topological polar surface area (TPSA) is 45.7 Å². The summed E-state index contributed by atoms with van der Waals surface area (Å²) in [6, 6.07) is 6.23. The highest BCUT2D eigenvalue weighted by Crippen LogP contribution is 2.46. The molecule has 3 aliphatic rings. The van der Waals surface area contributed by atoms with Crippen molar-refractivity contribution in [2.45, 2.75) is 43.6 Å². The van der Waals surface area contributed by atoms with Gasteiger partial charge in [0.25, 0.3) is 0 Å². The number of pyridine rings is 1. The Bertz CT molecular complexity index is 627. The molecule has 1 aromatic rings. The summed E-state index contributed by atoms with van der Waals surface area (Å²) >= 11 is 2.03. The van der Waals surface area contributed by atoms with E-state index in [0.29, 0.717) is 4.75 Å². The van der Waals surface area contributed by atoms with Gasteiger partial charge in [0, 0.05) is 48.9 Å². The number of nitrogens with zero attached hydrogens (tertiary/aromatic N) is 3. The molecule has 0 aromatic carbocycles. The summed E-state index contributed by atoms with van der Waals surface area (Å²) < 4.78 is 6.27. The fraction of sp³-hybridized carbons (Fsp3) is 0.684. The minimum absolute atomic E-state index is 0.171. The van der Waals surface area contributed by atoms with E-state index in [0.717, 1.165) is 69.1 Å². The van der Waals surface area contributed by atoms with Gasteiger partial charge in [0.2, 0.25) is 5.91 Å². The molecule has 4 heterocycles. The highest BCUT2D eigenvalue weighted by atomic mass is 32.2. The fourth-order valence-electron chi connectivity index (χ4n) is 4.17. The number of aryl methyl sites for hydroxylation is 1. The Morgan fingerprint density at radius 1 is 1.36 bits per heavy atom. The lowest BCUT2D eigenvalue weighted by atomic mass is 9.93. The number of carbonyl (C=O) groups is 1. The lowest BCUT2D eigenvalue weighted by Gasteiger charge is -2.47. The highest BCUT2D eigenvalue weighted by Gasteiger charge is 2.49. The Morgan fingerprint density at radius 2 is 2.16 bits per heavy atom. The van der Waals surface area contributed by atoms with Gasteiger partial charge in [-0.15, -0.1) is 11.8 Å². The molecule has 136 valence electrons. The molecule has 0 unspecified atom stereocenters. The molecule has 1 atom stereocenters. The molecule has 25 heavy (non-hydrogen) atoms. The van der Waals surface area contributed by atoms with Gasteiger partial charge < -0.3 is 9.64 Å². The van der Waals surface area contributed by atoms with Crippen molar-refractivity contribution in [3.05, 3.63) is 29.6 Å². The number of likely N-dealkylation sites (tertiary alicyclic amines) is 2. The van der Waals surface area contributed by atoms with Crippen LogP contribution in [0.4, 0.5) is 0 Å². The fourth-order valence-corrected chi connectivity index (χ4v) is 5.78. The molecule has 3 saturated heterocycles. The maximum atomic E-state index is 12.1. The predicted molar refractivity (Wildman–Crippen MR) is 99.6 cm³/mol. The molecule has 0 aliphatic carbocycles. The zero-order valence-corrected chi connectivity index (χ0v) is 15.8. The summed E-state index contributed by atoms with van der Waals surface area (Å²) in [5.41, 5.74) is 2.24. The highest BCUT2D eigenvalue weighted by molar-refractivity contribution is 8.01. The van der Waals surface area contributed by atoms with Gasteiger partial charge in [0.1, 0.15) is 6.61 Å². The van der Waals surface area contributed by atoms with Crippen LogP contribution >= 0.6 is 11.8 Å². The number of ether oxygens (including phenoxy) is 1. The van der Waals surface area contributed by atoms with Crippen LogP contribution < -0.4 is 0 Å². The number of hydrogen-bond donors (Lipinski definition) is 0. The molecule has 4 rings (SSSR count). The monoisotopic (exact) mass is 361 g/mol. The Hall–Kier alpha value is -1.11. The van der Waals surface area contributed by atoms with E-state index in [1.165, 1.54) is 0 Å². The van der Waals surface area contributed by atoms with Gasteiger partial charge in [0.05, 0.1) is 11.8 Å². The van der Waals surface area contributed by atoms with Gasteiger partial charge >= 0.3 is 0 Å². The van der Waals surface area contributed by atoms with Crippen LogP contribution in [0, 0.1) is 6.92 Å². The largest absolute Gasteiger partial charge is 0.367 e. The lowest BCUT2D eigenvalue weighted by Crippen LogP contribution is -2.58. The maximum absolute atomic E-state index is 12.1. The third-order valence-corrected chi connectivity index (χ3v) is 7.01. The third kappa shape index (κ3) is 4.01. The first-order valence-corrected chi connectivity index (χ1v) is 10.3. The quantitative estimate of drug-likeness (QED) is 0.804. The second kappa shape index (κ2) is 7.25.